The van der Waals surface area contributed by atoms with Gasteiger partial charge in [0.25, 0.3) is 5.91 Å². The van der Waals surface area contributed by atoms with Gasteiger partial charge in [-0.1, -0.05) is 24.3 Å². The summed E-state index contributed by atoms with van der Waals surface area (Å²) in [5.41, 5.74) is 1.57. The summed E-state index contributed by atoms with van der Waals surface area (Å²) >= 11 is 0. The smallest absolute Gasteiger partial charge is 0.253 e. The summed E-state index contributed by atoms with van der Waals surface area (Å²) in [6, 6.07) is 11.4. The first-order chi connectivity index (χ1) is 15.3. The van der Waals surface area contributed by atoms with Crippen LogP contribution in [0.15, 0.2) is 57.9 Å². The average Bonchev–Trinajstić information content (AvgIpc) is 3.16. The monoisotopic (exact) mass is 440 g/mol. The van der Waals surface area contributed by atoms with E-state index in [1.807, 2.05) is 12.1 Å². The molecule has 0 fully saturated rings. The van der Waals surface area contributed by atoms with E-state index >= 15 is 0 Å². The quantitative estimate of drug-likeness (QED) is 0.585. The highest BCUT2D eigenvalue weighted by molar-refractivity contribution is 5.93. The number of rotatable bonds is 6. The van der Waals surface area contributed by atoms with E-state index in [0.717, 1.165) is 31.5 Å². The molecular formula is C24H22F2N2O4. The van der Waals surface area contributed by atoms with Crippen LogP contribution in [0.5, 0.6) is 5.75 Å². The minimum absolute atomic E-state index is 0.110. The van der Waals surface area contributed by atoms with Crippen LogP contribution in [0.1, 0.15) is 32.8 Å². The normalized spacial score (nSPS) is 13.1. The van der Waals surface area contributed by atoms with Crippen molar-refractivity contribution in [2.75, 3.05) is 14.1 Å². The van der Waals surface area contributed by atoms with Gasteiger partial charge >= 0.3 is 0 Å². The molecule has 0 radical (unpaired) electrons. The third kappa shape index (κ3) is 4.55. The van der Waals surface area contributed by atoms with Gasteiger partial charge in [0.05, 0.1) is 12.1 Å². The van der Waals surface area contributed by atoms with Crippen LogP contribution in [-0.2, 0) is 26.2 Å². The number of benzene rings is 2. The van der Waals surface area contributed by atoms with Crippen molar-refractivity contribution in [2.24, 2.45) is 0 Å². The summed E-state index contributed by atoms with van der Waals surface area (Å²) in [4.78, 5) is 27.7. The van der Waals surface area contributed by atoms with Gasteiger partial charge in [0.15, 0.2) is 0 Å². The maximum absolute atomic E-state index is 14.3. The lowest BCUT2D eigenvalue weighted by molar-refractivity contribution is 0.0826. The maximum Gasteiger partial charge on any atom is 0.253 e. The molecule has 8 heteroatoms. The number of amides is 1. The predicted octanol–water partition coefficient (Wildman–Crippen LogP) is 3.71. The Morgan fingerprint density at radius 1 is 1.09 bits per heavy atom. The number of carbonyl (C=O) groups is 1. The maximum atomic E-state index is 14.3. The molecule has 0 aliphatic carbocycles. The van der Waals surface area contributed by atoms with Crippen molar-refractivity contribution in [1.29, 1.82) is 0 Å². The summed E-state index contributed by atoms with van der Waals surface area (Å²) in [6.07, 6.45) is 1.15. The standard InChI is InChI=1S/C24H22F2N2O4/c1-27(2)24(30)17-7-20(25)19(21(26)8-17)13-32-23-14-31-18(9-22(23)29)12-28-10-15-5-3-4-6-16(15)11-28/h3-9,14H,10-13H2,1-2H3. The Morgan fingerprint density at radius 2 is 1.72 bits per heavy atom. The predicted molar refractivity (Wildman–Crippen MR) is 113 cm³/mol. The van der Waals surface area contributed by atoms with Crippen molar-refractivity contribution < 1.29 is 22.7 Å². The SMILES string of the molecule is CN(C)C(=O)c1cc(F)c(COc2coc(CN3Cc4ccccc4C3)cc2=O)c(F)c1. The Bertz CT molecular complexity index is 1170. The summed E-state index contributed by atoms with van der Waals surface area (Å²) in [6.45, 7) is 1.47. The minimum Gasteiger partial charge on any atom is -0.482 e. The van der Waals surface area contributed by atoms with Crippen molar-refractivity contribution in [2.45, 2.75) is 26.2 Å². The molecule has 3 aromatic rings. The van der Waals surface area contributed by atoms with E-state index in [4.69, 9.17) is 9.15 Å². The number of halogens is 2. The van der Waals surface area contributed by atoms with E-state index in [-0.39, 0.29) is 16.9 Å². The second-order valence-electron chi connectivity index (χ2n) is 7.90. The zero-order valence-electron chi connectivity index (χ0n) is 17.7. The van der Waals surface area contributed by atoms with Crippen molar-refractivity contribution in [1.82, 2.24) is 9.80 Å². The van der Waals surface area contributed by atoms with Gasteiger partial charge in [-0.25, -0.2) is 8.78 Å². The molecule has 2 aromatic carbocycles. The van der Waals surface area contributed by atoms with Crippen LogP contribution in [0.4, 0.5) is 8.78 Å². The van der Waals surface area contributed by atoms with Crippen LogP contribution in [-0.4, -0.2) is 29.8 Å². The summed E-state index contributed by atoms with van der Waals surface area (Å²) in [5.74, 6) is -2.05. The molecule has 0 bridgehead atoms. The van der Waals surface area contributed by atoms with E-state index in [1.165, 1.54) is 36.2 Å². The van der Waals surface area contributed by atoms with Crippen LogP contribution in [0.25, 0.3) is 0 Å². The van der Waals surface area contributed by atoms with Gasteiger partial charge in [-0.05, 0) is 23.3 Å². The summed E-state index contributed by atoms with van der Waals surface area (Å²) in [7, 11) is 2.97. The molecule has 6 nitrogen and oxygen atoms in total. The van der Waals surface area contributed by atoms with Crippen LogP contribution in [0.3, 0.4) is 0 Å². The second kappa shape index (κ2) is 8.92. The molecule has 1 aromatic heterocycles. The number of fused-ring (bicyclic) bond motifs is 1. The number of nitrogens with zero attached hydrogens (tertiary/aromatic N) is 2. The first kappa shape index (κ1) is 21.7. The van der Waals surface area contributed by atoms with Gasteiger partial charge in [0.1, 0.15) is 30.3 Å². The van der Waals surface area contributed by atoms with Crippen LogP contribution in [0.2, 0.25) is 0 Å². The molecule has 0 N–H and O–H groups in total. The largest absolute Gasteiger partial charge is 0.482 e. The molecule has 0 saturated carbocycles. The number of carbonyl (C=O) groups excluding carboxylic acids is 1. The Balaban J connectivity index is 1.42. The van der Waals surface area contributed by atoms with Gasteiger partial charge in [0, 0.05) is 38.8 Å². The van der Waals surface area contributed by atoms with Gasteiger partial charge in [-0.2, -0.15) is 0 Å². The van der Waals surface area contributed by atoms with E-state index in [0.29, 0.717) is 12.3 Å². The fraction of sp³-hybridized carbons (Fsp3) is 0.250. The van der Waals surface area contributed by atoms with Crippen LogP contribution < -0.4 is 10.2 Å². The highest BCUT2D eigenvalue weighted by atomic mass is 19.1. The summed E-state index contributed by atoms with van der Waals surface area (Å²) in [5, 5.41) is 0. The van der Waals surface area contributed by atoms with Crippen molar-refractivity contribution in [3.63, 3.8) is 0 Å². The van der Waals surface area contributed by atoms with Gasteiger partial charge in [-0.15, -0.1) is 0 Å². The Morgan fingerprint density at radius 3 is 2.28 bits per heavy atom. The topological polar surface area (TPSA) is 63.0 Å². The first-order valence-electron chi connectivity index (χ1n) is 10.0. The lowest BCUT2D eigenvalue weighted by Gasteiger charge is -2.14. The van der Waals surface area contributed by atoms with E-state index in [1.54, 1.807) is 0 Å². The zero-order valence-corrected chi connectivity index (χ0v) is 17.7. The molecule has 0 saturated heterocycles. The second-order valence-corrected chi connectivity index (χ2v) is 7.90. The summed E-state index contributed by atoms with van der Waals surface area (Å²) < 4.78 is 39.5. The van der Waals surface area contributed by atoms with Crippen molar-refractivity contribution in [3.8, 4) is 5.75 Å². The Hall–Kier alpha value is -3.52. The molecule has 0 atom stereocenters. The molecule has 0 unspecified atom stereocenters. The Labute approximate surface area is 183 Å². The lowest BCUT2D eigenvalue weighted by atomic mass is 10.1. The molecule has 1 aliphatic heterocycles. The first-order valence-corrected chi connectivity index (χ1v) is 10.0. The van der Waals surface area contributed by atoms with E-state index < -0.39 is 29.6 Å². The minimum atomic E-state index is -0.926. The van der Waals surface area contributed by atoms with Gasteiger partial charge in [0.2, 0.25) is 11.2 Å². The molecule has 0 spiro atoms. The molecule has 32 heavy (non-hydrogen) atoms. The average molecular weight is 440 g/mol. The van der Waals surface area contributed by atoms with Gasteiger partial charge in [-0.3, -0.25) is 14.5 Å². The fourth-order valence-corrected chi connectivity index (χ4v) is 3.64. The third-order valence-corrected chi connectivity index (χ3v) is 5.30. The molecule has 4 rings (SSSR count). The lowest BCUT2D eigenvalue weighted by Crippen LogP contribution is -2.22. The van der Waals surface area contributed by atoms with Crippen molar-refractivity contribution >= 4 is 5.91 Å². The highest BCUT2D eigenvalue weighted by Crippen LogP contribution is 2.24. The Kier molecular flexibility index (Phi) is 6.05. The van der Waals surface area contributed by atoms with Crippen LogP contribution >= 0.6 is 0 Å². The zero-order chi connectivity index (χ0) is 22.8. The van der Waals surface area contributed by atoms with E-state index in [9.17, 15) is 18.4 Å². The molecule has 166 valence electrons. The van der Waals surface area contributed by atoms with Crippen molar-refractivity contribution in [3.05, 3.63) is 98.6 Å². The molecule has 1 aliphatic rings. The molecule has 2 heterocycles. The van der Waals surface area contributed by atoms with Crippen LogP contribution in [0, 0.1) is 11.6 Å². The molecular weight excluding hydrogens is 418 g/mol. The van der Waals surface area contributed by atoms with Gasteiger partial charge < -0.3 is 14.1 Å². The number of hydrogen-bond donors (Lipinski definition) is 0. The molecule has 1 amide bonds. The fourth-order valence-electron chi connectivity index (χ4n) is 3.64. The number of ether oxygens (including phenoxy) is 1. The highest BCUT2D eigenvalue weighted by Gasteiger charge is 2.20. The number of hydrogen-bond acceptors (Lipinski definition) is 5. The third-order valence-electron chi connectivity index (χ3n) is 5.30. The van der Waals surface area contributed by atoms with E-state index in [2.05, 4.69) is 17.0 Å².